The molecule has 214 valence electrons. The molecule has 1 atom stereocenters. The van der Waals surface area contributed by atoms with Gasteiger partial charge in [0.25, 0.3) is 29.5 Å². The molecule has 3 aliphatic heterocycles. The first-order chi connectivity index (χ1) is 18.7. The molecule has 0 aromatic heterocycles. The van der Waals surface area contributed by atoms with Crippen molar-refractivity contribution in [3.8, 4) is 0 Å². The van der Waals surface area contributed by atoms with Gasteiger partial charge in [0, 0.05) is 42.7 Å². The number of carbonyl (C=O) groups excluding carboxylic acids is 3. The van der Waals surface area contributed by atoms with Crippen molar-refractivity contribution >= 4 is 23.4 Å². The zero-order chi connectivity index (χ0) is 29.1. The number of imide groups is 1. The van der Waals surface area contributed by atoms with Crippen LogP contribution in [0.15, 0.2) is 42.5 Å². The highest BCUT2D eigenvalue weighted by Crippen LogP contribution is 2.46. The molecule has 5 rings (SSSR count). The number of fused-ring (bicyclic) bond motifs is 1. The second kappa shape index (κ2) is 9.55. The Kier molecular flexibility index (Phi) is 6.69. The van der Waals surface area contributed by atoms with Gasteiger partial charge in [0.2, 0.25) is 11.6 Å². The Balaban J connectivity index is 1.53. The van der Waals surface area contributed by atoms with Gasteiger partial charge < -0.3 is 45.8 Å². The minimum Gasteiger partial charge on any atom is -0.379 e. The molecule has 2 fully saturated rings. The SMILES string of the molecule is O=C1CCC(O)(N2C(=O)c3cccc(NC(O)(O)c4ccccc4C(O)(O)N4CCOCC4)c3C2(O)O)C(=O)N1. The third-order valence-corrected chi connectivity index (χ3v) is 7.26. The third-order valence-electron chi connectivity index (χ3n) is 7.26. The van der Waals surface area contributed by atoms with Crippen LogP contribution in [0, 0.1) is 0 Å². The number of nitrogens with one attached hydrogen (secondary N) is 2. The topological polar surface area (TPSA) is 233 Å². The van der Waals surface area contributed by atoms with Gasteiger partial charge in [0.05, 0.1) is 24.3 Å². The van der Waals surface area contributed by atoms with Gasteiger partial charge in [-0.15, -0.1) is 0 Å². The van der Waals surface area contributed by atoms with Gasteiger partial charge in [-0.25, -0.2) is 9.80 Å². The molecule has 0 aliphatic carbocycles. The summed E-state index contributed by atoms with van der Waals surface area (Å²) < 4.78 is 5.24. The van der Waals surface area contributed by atoms with E-state index in [1.165, 1.54) is 41.3 Å². The molecule has 3 heterocycles. The summed E-state index contributed by atoms with van der Waals surface area (Å²) in [4.78, 5) is 38.7. The predicted molar refractivity (Wildman–Crippen MR) is 131 cm³/mol. The fraction of sp³-hybridized carbons (Fsp3) is 0.400. The summed E-state index contributed by atoms with van der Waals surface area (Å²) in [7, 11) is 0. The van der Waals surface area contributed by atoms with Crippen LogP contribution >= 0.6 is 0 Å². The largest absolute Gasteiger partial charge is 0.379 e. The molecule has 0 spiro atoms. The highest BCUT2D eigenvalue weighted by atomic mass is 16.6. The van der Waals surface area contributed by atoms with Crippen LogP contribution in [-0.2, 0) is 32.1 Å². The maximum absolute atomic E-state index is 13.2. The van der Waals surface area contributed by atoms with Gasteiger partial charge >= 0.3 is 0 Å². The van der Waals surface area contributed by atoms with Crippen molar-refractivity contribution in [1.29, 1.82) is 0 Å². The molecule has 2 aromatic carbocycles. The lowest BCUT2D eigenvalue weighted by molar-refractivity contribution is -0.303. The number of nitrogens with zero attached hydrogens (tertiary/aromatic N) is 2. The number of morpholine rings is 1. The van der Waals surface area contributed by atoms with Crippen molar-refractivity contribution in [1.82, 2.24) is 15.1 Å². The predicted octanol–water partition coefficient (Wildman–Crippen LogP) is -3.00. The molecule has 40 heavy (non-hydrogen) atoms. The molecular formula is C25H28N4O11. The van der Waals surface area contributed by atoms with Gasteiger partial charge in [0.1, 0.15) is 0 Å². The average Bonchev–Trinajstić information content (AvgIpc) is 3.12. The lowest BCUT2D eigenvalue weighted by Crippen LogP contribution is -2.67. The number of hydrogen-bond acceptors (Lipinski definition) is 13. The van der Waals surface area contributed by atoms with E-state index < -0.39 is 76.4 Å². The van der Waals surface area contributed by atoms with Gasteiger partial charge in [-0.2, -0.15) is 0 Å². The lowest BCUT2D eigenvalue weighted by atomic mass is 9.98. The number of rotatable bonds is 6. The summed E-state index contributed by atoms with van der Waals surface area (Å²) in [6, 6.07) is 8.90. The van der Waals surface area contributed by atoms with E-state index in [1.54, 1.807) is 0 Å². The molecule has 3 amide bonds. The Morgan fingerprint density at radius 3 is 2.20 bits per heavy atom. The summed E-state index contributed by atoms with van der Waals surface area (Å²) in [5.74, 6) is -12.4. The first-order valence-corrected chi connectivity index (χ1v) is 12.3. The maximum Gasteiger partial charge on any atom is 0.283 e. The quantitative estimate of drug-likeness (QED) is 0.127. The average molecular weight is 561 g/mol. The van der Waals surface area contributed by atoms with Crippen LogP contribution < -0.4 is 10.6 Å². The van der Waals surface area contributed by atoms with E-state index in [4.69, 9.17) is 4.74 Å². The molecule has 0 bridgehead atoms. The Morgan fingerprint density at radius 1 is 0.900 bits per heavy atom. The van der Waals surface area contributed by atoms with E-state index in [9.17, 15) is 50.1 Å². The molecule has 1 unspecified atom stereocenters. The number of anilines is 1. The second-order valence-corrected chi connectivity index (χ2v) is 9.78. The van der Waals surface area contributed by atoms with Gasteiger partial charge in [-0.05, 0) is 12.1 Å². The molecule has 2 saturated heterocycles. The van der Waals surface area contributed by atoms with E-state index >= 15 is 0 Å². The zero-order valence-electron chi connectivity index (χ0n) is 20.9. The molecule has 2 aromatic rings. The van der Waals surface area contributed by atoms with Crippen molar-refractivity contribution in [3.05, 3.63) is 64.7 Å². The number of benzene rings is 2. The van der Waals surface area contributed by atoms with Crippen LogP contribution in [0.4, 0.5) is 5.69 Å². The normalized spacial score (nSPS) is 23.7. The second-order valence-electron chi connectivity index (χ2n) is 9.78. The smallest absolute Gasteiger partial charge is 0.283 e. The van der Waals surface area contributed by atoms with Crippen LogP contribution in [0.2, 0.25) is 0 Å². The number of piperidine rings is 1. The van der Waals surface area contributed by atoms with Gasteiger partial charge in [-0.3, -0.25) is 19.7 Å². The fourth-order valence-corrected chi connectivity index (χ4v) is 5.28. The first kappa shape index (κ1) is 28.0. The summed E-state index contributed by atoms with van der Waals surface area (Å²) in [5.41, 5.74) is -4.99. The van der Waals surface area contributed by atoms with Crippen molar-refractivity contribution in [2.45, 2.75) is 36.3 Å². The van der Waals surface area contributed by atoms with E-state index in [0.717, 1.165) is 6.07 Å². The number of ether oxygens (including phenoxy) is 1. The van der Waals surface area contributed by atoms with Crippen molar-refractivity contribution in [3.63, 3.8) is 0 Å². The summed E-state index contributed by atoms with van der Waals surface area (Å²) >= 11 is 0. The minimum atomic E-state index is -3.36. The standard InChI is InChI=1S/C25H28N4O11/c30-18-8-9-22(33,21(32)26-18)29-20(31)14-4-3-7-17(19(14)25(29,38)39)27-23(34,35)15-5-1-2-6-16(15)24(36,37)28-10-12-40-13-11-28/h1-7,27,33-39H,8-13H2,(H,26,30,32). The van der Waals surface area contributed by atoms with Gasteiger partial charge in [-0.1, -0.05) is 30.3 Å². The first-order valence-electron chi connectivity index (χ1n) is 12.3. The third kappa shape index (κ3) is 4.33. The van der Waals surface area contributed by atoms with E-state index in [-0.39, 0.29) is 36.8 Å². The molecular weight excluding hydrogens is 532 g/mol. The molecule has 9 N–H and O–H groups in total. The van der Waals surface area contributed by atoms with Crippen LogP contribution in [0.5, 0.6) is 0 Å². The van der Waals surface area contributed by atoms with Crippen molar-refractivity contribution < 1.29 is 54.9 Å². The molecule has 15 heteroatoms. The van der Waals surface area contributed by atoms with Crippen LogP contribution in [0.25, 0.3) is 0 Å². The van der Waals surface area contributed by atoms with E-state index in [1.807, 2.05) is 5.32 Å². The van der Waals surface area contributed by atoms with Crippen molar-refractivity contribution in [2.24, 2.45) is 0 Å². The summed E-state index contributed by atoms with van der Waals surface area (Å²) in [6.07, 6.45) is -1.03. The number of hydrogen-bond donors (Lipinski definition) is 9. The van der Waals surface area contributed by atoms with E-state index in [0.29, 0.717) is 0 Å². The Morgan fingerprint density at radius 2 is 1.55 bits per heavy atom. The van der Waals surface area contributed by atoms with Crippen LogP contribution in [-0.4, -0.2) is 95.3 Å². The number of aliphatic hydroxyl groups is 7. The fourth-order valence-electron chi connectivity index (χ4n) is 5.28. The summed E-state index contributed by atoms with van der Waals surface area (Å²) in [5, 5.41) is 81.7. The molecule has 3 aliphatic rings. The highest BCUT2D eigenvalue weighted by molar-refractivity contribution is 6.08. The zero-order valence-corrected chi connectivity index (χ0v) is 20.9. The monoisotopic (exact) mass is 560 g/mol. The van der Waals surface area contributed by atoms with Gasteiger partial charge in [0.15, 0.2) is 0 Å². The lowest BCUT2D eigenvalue weighted by Gasteiger charge is -2.42. The highest BCUT2D eigenvalue weighted by Gasteiger charge is 2.62. The van der Waals surface area contributed by atoms with Crippen LogP contribution in [0.1, 0.15) is 39.9 Å². The molecule has 15 nitrogen and oxygen atoms in total. The van der Waals surface area contributed by atoms with Crippen molar-refractivity contribution in [2.75, 3.05) is 31.6 Å². The maximum atomic E-state index is 13.2. The Labute approximate surface area is 226 Å². The Hall–Kier alpha value is -3.51. The minimum absolute atomic E-state index is 0.104. The van der Waals surface area contributed by atoms with E-state index in [2.05, 4.69) is 5.32 Å². The Bertz CT molecular complexity index is 1370. The summed E-state index contributed by atoms with van der Waals surface area (Å²) in [6.45, 7) is 0.673. The number of carbonyl (C=O) groups is 3. The van der Waals surface area contributed by atoms with Crippen LogP contribution in [0.3, 0.4) is 0 Å². The number of amides is 3. The molecule has 0 radical (unpaired) electrons. The molecule has 0 saturated carbocycles.